The molecule has 1 aliphatic rings. The molecule has 1 aliphatic carbocycles. The number of carboxylic acids is 1. The van der Waals surface area contributed by atoms with Gasteiger partial charge in [-0.2, -0.15) is 0 Å². The van der Waals surface area contributed by atoms with Crippen LogP contribution in [0.1, 0.15) is 50.8 Å². The van der Waals surface area contributed by atoms with E-state index in [0.717, 1.165) is 12.8 Å². The van der Waals surface area contributed by atoms with Crippen LogP contribution >= 0.6 is 0 Å². The van der Waals surface area contributed by atoms with Gasteiger partial charge >= 0.3 is 5.97 Å². The second kappa shape index (κ2) is 4.73. The molecule has 0 aromatic heterocycles. The SMILES string of the molecule is CC(NC1CCC(C)(C)c2ccccc21)C(=O)O. The number of benzene rings is 1. The Hall–Kier alpha value is -1.35. The van der Waals surface area contributed by atoms with Gasteiger partial charge in [-0.3, -0.25) is 10.1 Å². The van der Waals surface area contributed by atoms with E-state index >= 15 is 0 Å². The third-order valence-electron chi connectivity index (χ3n) is 3.94. The summed E-state index contributed by atoms with van der Waals surface area (Å²) >= 11 is 0. The molecule has 3 heteroatoms. The van der Waals surface area contributed by atoms with Crippen LogP contribution < -0.4 is 5.32 Å². The molecule has 0 saturated heterocycles. The van der Waals surface area contributed by atoms with Gasteiger partial charge in [0.05, 0.1) is 0 Å². The minimum absolute atomic E-state index is 0.153. The molecule has 2 rings (SSSR count). The first kappa shape index (κ1) is 13.1. The number of aliphatic carboxylic acids is 1. The second-order valence-corrected chi connectivity index (χ2v) is 5.79. The van der Waals surface area contributed by atoms with Crippen molar-refractivity contribution in [3.05, 3.63) is 35.4 Å². The van der Waals surface area contributed by atoms with Crippen molar-refractivity contribution in [1.82, 2.24) is 5.32 Å². The topological polar surface area (TPSA) is 49.3 Å². The summed E-state index contributed by atoms with van der Waals surface area (Å²) in [4.78, 5) is 10.9. The number of carbonyl (C=O) groups is 1. The van der Waals surface area contributed by atoms with E-state index in [4.69, 9.17) is 5.11 Å². The molecule has 0 amide bonds. The third-order valence-corrected chi connectivity index (χ3v) is 3.94. The third kappa shape index (κ3) is 2.41. The summed E-state index contributed by atoms with van der Waals surface area (Å²) in [6.45, 7) is 6.20. The van der Waals surface area contributed by atoms with Gasteiger partial charge in [-0.25, -0.2) is 0 Å². The molecular weight excluding hydrogens is 226 g/mol. The van der Waals surface area contributed by atoms with Crippen molar-refractivity contribution in [2.45, 2.75) is 51.1 Å². The number of hydrogen-bond donors (Lipinski definition) is 2. The van der Waals surface area contributed by atoms with Gasteiger partial charge in [0.2, 0.25) is 0 Å². The van der Waals surface area contributed by atoms with Gasteiger partial charge in [-0.1, -0.05) is 38.1 Å². The number of hydrogen-bond acceptors (Lipinski definition) is 2. The van der Waals surface area contributed by atoms with Crippen LogP contribution in [0.3, 0.4) is 0 Å². The summed E-state index contributed by atoms with van der Waals surface area (Å²) in [7, 11) is 0. The second-order valence-electron chi connectivity index (χ2n) is 5.79. The molecule has 0 aliphatic heterocycles. The average Bonchev–Trinajstić information content (AvgIpc) is 2.33. The summed E-state index contributed by atoms with van der Waals surface area (Å²) in [5.41, 5.74) is 2.77. The van der Waals surface area contributed by atoms with Gasteiger partial charge in [-0.15, -0.1) is 0 Å². The Labute approximate surface area is 108 Å². The van der Waals surface area contributed by atoms with Gasteiger partial charge in [0.25, 0.3) is 0 Å². The van der Waals surface area contributed by atoms with E-state index in [-0.39, 0.29) is 11.5 Å². The zero-order valence-electron chi connectivity index (χ0n) is 11.2. The predicted molar refractivity (Wildman–Crippen MR) is 71.7 cm³/mol. The maximum Gasteiger partial charge on any atom is 0.320 e. The van der Waals surface area contributed by atoms with Crippen molar-refractivity contribution in [3.63, 3.8) is 0 Å². The number of fused-ring (bicyclic) bond motifs is 1. The lowest BCUT2D eigenvalue weighted by atomic mass is 9.71. The molecular formula is C15H21NO2. The van der Waals surface area contributed by atoms with Crippen LogP contribution in [0.4, 0.5) is 0 Å². The molecule has 98 valence electrons. The molecule has 1 aromatic rings. The van der Waals surface area contributed by atoms with Gasteiger partial charge in [-0.05, 0) is 36.3 Å². The normalized spacial score (nSPS) is 23.2. The molecule has 0 radical (unpaired) electrons. The van der Waals surface area contributed by atoms with Crippen molar-refractivity contribution in [2.24, 2.45) is 0 Å². The number of carboxylic acid groups (broad SMARTS) is 1. The van der Waals surface area contributed by atoms with Crippen LogP contribution in [-0.4, -0.2) is 17.1 Å². The Morgan fingerprint density at radius 3 is 2.78 bits per heavy atom. The van der Waals surface area contributed by atoms with Crippen molar-refractivity contribution in [2.75, 3.05) is 0 Å². The van der Waals surface area contributed by atoms with Crippen molar-refractivity contribution in [1.29, 1.82) is 0 Å². The Morgan fingerprint density at radius 2 is 2.11 bits per heavy atom. The van der Waals surface area contributed by atoms with Gasteiger partial charge in [0.1, 0.15) is 6.04 Å². The Kier molecular flexibility index (Phi) is 3.44. The van der Waals surface area contributed by atoms with Crippen LogP contribution in [-0.2, 0) is 10.2 Å². The molecule has 0 spiro atoms. The van der Waals surface area contributed by atoms with Crippen molar-refractivity contribution >= 4 is 5.97 Å². The number of nitrogens with one attached hydrogen (secondary N) is 1. The van der Waals surface area contributed by atoms with Crippen molar-refractivity contribution < 1.29 is 9.90 Å². The van der Waals surface area contributed by atoms with Gasteiger partial charge in [0.15, 0.2) is 0 Å². The quantitative estimate of drug-likeness (QED) is 0.863. The molecule has 18 heavy (non-hydrogen) atoms. The number of rotatable bonds is 3. The molecule has 1 aromatic carbocycles. The molecule has 2 N–H and O–H groups in total. The van der Waals surface area contributed by atoms with E-state index in [9.17, 15) is 4.79 Å². The standard InChI is InChI=1S/C15H21NO2/c1-10(14(17)18)16-13-8-9-15(2,3)12-7-5-4-6-11(12)13/h4-7,10,13,16H,8-9H2,1-3H3,(H,17,18). The highest BCUT2D eigenvalue weighted by atomic mass is 16.4. The Bertz CT molecular complexity index is 454. The maximum absolute atomic E-state index is 10.9. The molecule has 0 heterocycles. The van der Waals surface area contributed by atoms with Crippen molar-refractivity contribution in [3.8, 4) is 0 Å². The maximum atomic E-state index is 10.9. The fourth-order valence-electron chi connectivity index (χ4n) is 2.76. The minimum atomic E-state index is -0.794. The van der Waals surface area contributed by atoms with Crippen LogP contribution in [0, 0.1) is 0 Å². The molecule has 2 unspecified atom stereocenters. The lowest BCUT2D eigenvalue weighted by molar-refractivity contribution is -0.139. The molecule has 3 nitrogen and oxygen atoms in total. The fourth-order valence-corrected chi connectivity index (χ4v) is 2.76. The Morgan fingerprint density at radius 1 is 1.44 bits per heavy atom. The molecule has 0 fully saturated rings. The molecule has 0 saturated carbocycles. The smallest absolute Gasteiger partial charge is 0.320 e. The van der Waals surface area contributed by atoms with Gasteiger partial charge < -0.3 is 5.11 Å². The van der Waals surface area contributed by atoms with E-state index in [1.807, 2.05) is 6.07 Å². The highest BCUT2D eigenvalue weighted by Gasteiger charge is 2.33. The van der Waals surface area contributed by atoms with Crippen LogP contribution in [0.2, 0.25) is 0 Å². The largest absolute Gasteiger partial charge is 0.480 e. The fraction of sp³-hybridized carbons (Fsp3) is 0.533. The summed E-state index contributed by atoms with van der Waals surface area (Å²) in [6, 6.07) is 8.01. The summed E-state index contributed by atoms with van der Waals surface area (Å²) in [5.74, 6) is -0.794. The van der Waals surface area contributed by atoms with E-state index in [0.29, 0.717) is 0 Å². The van der Waals surface area contributed by atoms with Crippen LogP contribution in [0.15, 0.2) is 24.3 Å². The monoisotopic (exact) mass is 247 g/mol. The minimum Gasteiger partial charge on any atom is -0.480 e. The van der Waals surface area contributed by atoms with E-state index < -0.39 is 12.0 Å². The lowest BCUT2D eigenvalue weighted by Crippen LogP contribution is -2.40. The first-order chi connectivity index (χ1) is 8.42. The lowest BCUT2D eigenvalue weighted by Gasteiger charge is -2.38. The summed E-state index contributed by atoms with van der Waals surface area (Å²) in [5, 5.41) is 12.2. The van der Waals surface area contributed by atoms with E-state index in [1.54, 1.807) is 6.92 Å². The van der Waals surface area contributed by atoms with E-state index in [1.165, 1.54) is 11.1 Å². The molecule has 0 bridgehead atoms. The first-order valence-corrected chi connectivity index (χ1v) is 6.50. The average molecular weight is 247 g/mol. The summed E-state index contributed by atoms with van der Waals surface area (Å²) in [6.07, 6.45) is 2.07. The zero-order valence-corrected chi connectivity index (χ0v) is 11.2. The highest BCUT2D eigenvalue weighted by Crippen LogP contribution is 2.41. The van der Waals surface area contributed by atoms with Crippen LogP contribution in [0.5, 0.6) is 0 Å². The van der Waals surface area contributed by atoms with Gasteiger partial charge in [0, 0.05) is 6.04 Å². The predicted octanol–water partition coefficient (Wildman–Crippen LogP) is 2.86. The Balaban J connectivity index is 2.28. The van der Waals surface area contributed by atoms with E-state index in [2.05, 4.69) is 37.4 Å². The molecule has 2 atom stereocenters. The van der Waals surface area contributed by atoms with Crippen LogP contribution in [0.25, 0.3) is 0 Å². The first-order valence-electron chi connectivity index (χ1n) is 6.50. The summed E-state index contributed by atoms with van der Waals surface area (Å²) < 4.78 is 0. The highest BCUT2D eigenvalue weighted by molar-refractivity contribution is 5.72. The zero-order chi connectivity index (χ0) is 13.3.